The molecule has 0 spiro atoms. The molecular formula is C17H16N4O3S. The van der Waals surface area contributed by atoms with Crippen molar-refractivity contribution in [2.45, 2.75) is 19.4 Å². The second-order valence-corrected chi connectivity index (χ2v) is 6.48. The van der Waals surface area contributed by atoms with Crippen molar-refractivity contribution in [2.24, 2.45) is 5.73 Å². The SMILES string of the molecule is C=C1c2ccccc2C(=O)N1[C@H](C)C(=O)Nc1nc(CC(N)=O)cs1. The van der Waals surface area contributed by atoms with E-state index < -0.39 is 11.9 Å². The molecule has 1 aromatic heterocycles. The van der Waals surface area contributed by atoms with Crippen molar-refractivity contribution in [3.05, 3.63) is 53.0 Å². The van der Waals surface area contributed by atoms with E-state index in [0.717, 1.165) is 5.56 Å². The van der Waals surface area contributed by atoms with E-state index in [1.54, 1.807) is 30.5 Å². The van der Waals surface area contributed by atoms with E-state index in [-0.39, 0.29) is 18.2 Å². The van der Waals surface area contributed by atoms with Crippen molar-refractivity contribution in [2.75, 3.05) is 5.32 Å². The Morgan fingerprint density at radius 2 is 2.04 bits per heavy atom. The van der Waals surface area contributed by atoms with Gasteiger partial charge < -0.3 is 11.1 Å². The Bertz CT molecular complexity index is 855. The molecule has 2 aromatic rings. The van der Waals surface area contributed by atoms with Gasteiger partial charge in [0, 0.05) is 22.2 Å². The quantitative estimate of drug-likeness (QED) is 0.849. The third-order valence-corrected chi connectivity index (χ3v) is 4.69. The van der Waals surface area contributed by atoms with Gasteiger partial charge in [-0.3, -0.25) is 19.3 Å². The van der Waals surface area contributed by atoms with Gasteiger partial charge in [0.05, 0.1) is 12.1 Å². The van der Waals surface area contributed by atoms with Gasteiger partial charge in [-0.15, -0.1) is 11.3 Å². The van der Waals surface area contributed by atoms with Gasteiger partial charge in [0.15, 0.2) is 5.13 Å². The first-order valence-electron chi connectivity index (χ1n) is 7.54. The minimum Gasteiger partial charge on any atom is -0.369 e. The standard InChI is InChI=1S/C17H16N4O3S/c1-9-12-5-3-4-6-13(12)16(24)21(9)10(2)15(23)20-17-19-11(8-25-17)7-14(18)22/h3-6,8,10H,1,7H2,2H3,(H2,18,22)(H,19,20,23)/t10-/m1/s1. The van der Waals surface area contributed by atoms with Crippen LogP contribution in [0, 0.1) is 0 Å². The molecule has 128 valence electrons. The Hall–Kier alpha value is -3.00. The molecule has 7 nitrogen and oxygen atoms in total. The number of primary amides is 1. The monoisotopic (exact) mass is 356 g/mol. The Morgan fingerprint density at radius 1 is 1.36 bits per heavy atom. The zero-order valence-electron chi connectivity index (χ0n) is 13.5. The topological polar surface area (TPSA) is 105 Å². The summed E-state index contributed by atoms with van der Waals surface area (Å²) in [5, 5.41) is 4.66. The summed E-state index contributed by atoms with van der Waals surface area (Å²) in [6, 6.07) is 6.35. The number of nitrogens with one attached hydrogen (secondary N) is 1. The number of nitrogens with two attached hydrogens (primary N) is 1. The normalized spacial score (nSPS) is 14.4. The number of rotatable bonds is 5. The minimum atomic E-state index is -0.754. The molecule has 0 fully saturated rings. The highest BCUT2D eigenvalue weighted by molar-refractivity contribution is 7.13. The summed E-state index contributed by atoms with van der Waals surface area (Å²) in [5.41, 5.74) is 7.37. The number of anilines is 1. The number of carbonyl (C=O) groups excluding carboxylic acids is 3. The fourth-order valence-electron chi connectivity index (χ4n) is 2.66. The molecule has 1 aromatic carbocycles. The lowest BCUT2D eigenvalue weighted by molar-refractivity contribution is -0.119. The lowest BCUT2D eigenvalue weighted by Gasteiger charge is -2.24. The van der Waals surface area contributed by atoms with Gasteiger partial charge in [-0.2, -0.15) is 0 Å². The average Bonchev–Trinajstić information content (AvgIpc) is 3.10. The van der Waals surface area contributed by atoms with Crippen LogP contribution in [-0.4, -0.2) is 33.6 Å². The first-order valence-corrected chi connectivity index (χ1v) is 8.42. The maximum absolute atomic E-state index is 12.6. The molecule has 25 heavy (non-hydrogen) atoms. The summed E-state index contributed by atoms with van der Waals surface area (Å²) < 4.78 is 0. The molecule has 0 saturated heterocycles. The number of nitrogens with zero attached hydrogens (tertiary/aromatic N) is 2. The van der Waals surface area contributed by atoms with Crippen LogP contribution in [0.3, 0.4) is 0 Å². The van der Waals surface area contributed by atoms with Crippen LogP contribution in [0.5, 0.6) is 0 Å². The number of fused-ring (bicyclic) bond motifs is 1. The average molecular weight is 356 g/mol. The molecule has 0 radical (unpaired) electrons. The molecule has 2 heterocycles. The fourth-order valence-corrected chi connectivity index (χ4v) is 3.38. The minimum absolute atomic E-state index is 0.0125. The van der Waals surface area contributed by atoms with Crippen molar-refractivity contribution in [3.63, 3.8) is 0 Å². The van der Waals surface area contributed by atoms with Crippen molar-refractivity contribution in [1.29, 1.82) is 0 Å². The summed E-state index contributed by atoms with van der Waals surface area (Å²) in [4.78, 5) is 41.5. The fraction of sp³-hybridized carbons (Fsp3) is 0.176. The molecule has 3 rings (SSSR count). The number of thiazole rings is 1. The smallest absolute Gasteiger partial charge is 0.259 e. The van der Waals surface area contributed by atoms with E-state index in [1.807, 2.05) is 6.07 Å². The molecule has 1 atom stereocenters. The van der Waals surface area contributed by atoms with Crippen LogP contribution >= 0.6 is 11.3 Å². The van der Waals surface area contributed by atoms with E-state index in [2.05, 4.69) is 16.9 Å². The molecule has 3 amide bonds. The molecule has 0 unspecified atom stereocenters. The number of carbonyl (C=O) groups is 3. The van der Waals surface area contributed by atoms with Crippen LogP contribution in [0.4, 0.5) is 5.13 Å². The Balaban J connectivity index is 1.73. The van der Waals surface area contributed by atoms with E-state index >= 15 is 0 Å². The Kier molecular flexibility index (Phi) is 4.37. The van der Waals surface area contributed by atoms with Gasteiger partial charge in [-0.25, -0.2) is 4.98 Å². The van der Waals surface area contributed by atoms with Crippen LogP contribution in [0.15, 0.2) is 36.2 Å². The maximum Gasteiger partial charge on any atom is 0.259 e. The zero-order chi connectivity index (χ0) is 18.1. The first kappa shape index (κ1) is 16.8. The highest BCUT2D eigenvalue weighted by atomic mass is 32.1. The van der Waals surface area contributed by atoms with Gasteiger partial charge in [0.2, 0.25) is 11.8 Å². The van der Waals surface area contributed by atoms with Crippen LogP contribution in [0.2, 0.25) is 0 Å². The summed E-state index contributed by atoms with van der Waals surface area (Å²) in [6.45, 7) is 5.56. The molecule has 0 saturated carbocycles. The van der Waals surface area contributed by atoms with Gasteiger partial charge in [0.1, 0.15) is 6.04 Å². The van der Waals surface area contributed by atoms with Crippen molar-refractivity contribution in [1.82, 2.24) is 9.88 Å². The number of hydrogen-bond donors (Lipinski definition) is 2. The van der Waals surface area contributed by atoms with Crippen molar-refractivity contribution >= 4 is 39.9 Å². The third kappa shape index (κ3) is 3.16. The van der Waals surface area contributed by atoms with E-state index in [0.29, 0.717) is 22.1 Å². The van der Waals surface area contributed by atoms with Crippen LogP contribution in [-0.2, 0) is 16.0 Å². The zero-order valence-corrected chi connectivity index (χ0v) is 14.3. The lowest BCUT2D eigenvalue weighted by Crippen LogP contribution is -2.41. The second-order valence-electron chi connectivity index (χ2n) is 5.62. The van der Waals surface area contributed by atoms with Crippen LogP contribution in [0.25, 0.3) is 5.70 Å². The first-order chi connectivity index (χ1) is 11.9. The van der Waals surface area contributed by atoms with Gasteiger partial charge in [0.25, 0.3) is 5.91 Å². The van der Waals surface area contributed by atoms with E-state index in [1.165, 1.54) is 16.2 Å². The number of benzene rings is 1. The van der Waals surface area contributed by atoms with Gasteiger partial charge in [-0.05, 0) is 13.0 Å². The van der Waals surface area contributed by atoms with Gasteiger partial charge in [-0.1, -0.05) is 24.8 Å². The van der Waals surface area contributed by atoms with E-state index in [4.69, 9.17) is 5.73 Å². The molecule has 8 heteroatoms. The Labute approximate surface area is 148 Å². The molecule has 0 aliphatic carbocycles. The molecule has 0 bridgehead atoms. The summed E-state index contributed by atoms with van der Waals surface area (Å²) >= 11 is 1.19. The van der Waals surface area contributed by atoms with Crippen molar-refractivity contribution < 1.29 is 14.4 Å². The number of aromatic nitrogens is 1. The number of amides is 3. The predicted octanol–water partition coefficient (Wildman–Crippen LogP) is 1.62. The second kappa shape index (κ2) is 6.48. The van der Waals surface area contributed by atoms with Crippen LogP contribution in [0.1, 0.15) is 28.5 Å². The highest BCUT2D eigenvalue weighted by Gasteiger charge is 2.36. The molecular weight excluding hydrogens is 340 g/mol. The molecule has 3 N–H and O–H groups in total. The summed E-state index contributed by atoms with van der Waals surface area (Å²) in [6.07, 6.45) is 0.0125. The van der Waals surface area contributed by atoms with Crippen LogP contribution < -0.4 is 11.1 Å². The third-order valence-electron chi connectivity index (χ3n) is 3.88. The molecule has 1 aliphatic heterocycles. The van der Waals surface area contributed by atoms with Gasteiger partial charge >= 0.3 is 0 Å². The van der Waals surface area contributed by atoms with E-state index in [9.17, 15) is 14.4 Å². The lowest BCUT2D eigenvalue weighted by atomic mass is 10.1. The maximum atomic E-state index is 12.6. The highest BCUT2D eigenvalue weighted by Crippen LogP contribution is 2.33. The Morgan fingerprint density at radius 3 is 2.68 bits per heavy atom. The molecule has 1 aliphatic rings. The summed E-state index contributed by atoms with van der Waals surface area (Å²) in [5.74, 6) is -1.13. The predicted molar refractivity (Wildman–Crippen MR) is 94.7 cm³/mol. The van der Waals surface area contributed by atoms with Crippen molar-refractivity contribution in [3.8, 4) is 0 Å². The largest absolute Gasteiger partial charge is 0.369 e. The number of hydrogen-bond acceptors (Lipinski definition) is 5. The summed E-state index contributed by atoms with van der Waals surface area (Å²) in [7, 11) is 0.